The van der Waals surface area contributed by atoms with Crippen molar-refractivity contribution in [2.24, 2.45) is 5.41 Å². The molecule has 0 aliphatic heterocycles. The van der Waals surface area contributed by atoms with Gasteiger partial charge in [-0.1, -0.05) is 55.5 Å². The zero-order valence-electron chi connectivity index (χ0n) is 15.7. The first-order chi connectivity index (χ1) is 13.2. The Morgan fingerprint density at radius 2 is 1.79 bits per heavy atom. The van der Waals surface area contributed by atoms with Gasteiger partial charge in [-0.15, -0.1) is 0 Å². The number of fused-ring (bicyclic) bond motifs is 1. The second-order valence-corrected chi connectivity index (χ2v) is 7.34. The first kappa shape index (κ1) is 19.9. The van der Waals surface area contributed by atoms with Gasteiger partial charge in [-0.05, 0) is 30.5 Å². The first-order valence-corrected chi connectivity index (χ1v) is 8.94. The quantitative estimate of drug-likeness (QED) is 0.613. The SMILES string of the molecule is Cc1cccc2cc(NC(=O)C(C)(Cc3ccccc3)CC(F)(F)F)cnc12. The number of carbonyl (C=O) groups is 1. The third-order valence-corrected chi connectivity index (χ3v) is 4.75. The van der Waals surface area contributed by atoms with E-state index in [1.54, 1.807) is 36.4 Å². The van der Waals surface area contributed by atoms with Gasteiger partial charge in [0, 0.05) is 5.39 Å². The molecular formula is C22H21F3N2O. The summed E-state index contributed by atoms with van der Waals surface area (Å²) >= 11 is 0. The van der Waals surface area contributed by atoms with Crippen LogP contribution in [0, 0.1) is 12.3 Å². The molecule has 1 unspecified atom stereocenters. The summed E-state index contributed by atoms with van der Waals surface area (Å²) in [5.74, 6) is -0.678. The number of para-hydroxylation sites is 1. The predicted molar refractivity (Wildman–Crippen MR) is 104 cm³/mol. The predicted octanol–water partition coefficient (Wildman–Crippen LogP) is 5.68. The van der Waals surface area contributed by atoms with Gasteiger partial charge in [-0.2, -0.15) is 13.2 Å². The Kier molecular flexibility index (Phi) is 5.40. The second-order valence-electron chi connectivity index (χ2n) is 7.34. The monoisotopic (exact) mass is 386 g/mol. The minimum absolute atomic E-state index is 0.0146. The molecule has 146 valence electrons. The molecule has 0 spiro atoms. The number of pyridine rings is 1. The van der Waals surface area contributed by atoms with Crippen molar-refractivity contribution in [3.8, 4) is 0 Å². The second kappa shape index (κ2) is 7.62. The Hall–Kier alpha value is -2.89. The van der Waals surface area contributed by atoms with Crippen molar-refractivity contribution in [3.05, 3.63) is 71.9 Å². The standard InChI is InChI=1S/C22H21F3N2O/c1-15-7-6-10-17-11-18(13-26-19(15)17)27-20(28)21(2,14-22(23,24)25)12-16-8-4-3-5-9-16/h3-11,13H,12,14H2,1-2H3,(H,27,28). The Balaban J connectivity index is 1.88. The molecule has 1 N–H and O–H groups in total. The van der Waals surface area contributed by atoms with Gasteiger partial charge in [-0.25, -0.2) is 0 Å². The number of nitrogens with zero attached hydrogens (tertiary/aromatic N) is 1. The summed E-state index contributed by atoms with van der Waals surface area (Å²) in [4.78, 5) is 17.2. The maximum Gasteiger partial charge on any atom is 0.390 e. The number of nitrogens with one attached hydrogen (secondary N) is 1. The minimum Gasteiger partial charge on any atom is -0.324 e. The molecule has 3 rings (SSSR count). The summed E-state index contributed by atoms with van der Waals surface area (Å²) in [5, 5.41) is 3.45. The van der Waals surface area contributed by atoms with E-state index in [2.05, 4.69) is 10.3 Å². The number of amides is 1. The van der Waals surface area contributed by atoms with Crippen molar-refractivity contribution in [1.29, 1.82) is 0 Å². The Bertz CT molecular complexity index is 986. The summed E-state index contributed by atoms with van der Waals surface area (Å²) in [5.41, 5.74) is 1.20. The number of aryl methyl sites for hydroxylation is 1. The molecule has 0 saturated carbocycles. The maximum absolute atomic E-state index is 13.2. The molecule has 0 radical (unpaired) electrons. The van der Waals surface area contributed by atoms with Crippen LogP contribution in [-0.2, 0) is 11.2 Å². The van der Waals surface area contributed by atoms with E-state index in [0.29, 0.717) is 11.3 Å². The maximum atomic E-state index is 13.2. The molecule has 3 nitrogen and oxygen atoms in total. The molecular weight excluding hydrogens is 365 g/mol. The van der Waals surface area contributed by atoms with E-state index in [1.807, 2.05) is 25.1 Å². The van der Waals surface area contributed by atoms with E-state index in [-0.39, 0.29) is 6.42 Å². The number of carbonyl (C=O) groups excluding carboxylic acids is 1. The van der Waals surface area contributed by atoms with Gasteiger partial charge >= 0.3 is 6.18 Å². The van der Waals surface area contributed by atoms with Gasteiger partial charge in [0.15, 0.2) is 0 Å². The van der Waals surface area contributed by atoms with E-state index < -0.39 is 23.9 Å². The third kappa shape index (κ3) is 4.68. The number of halogens is 3. The fourth-order valence-electron chi connectivity index (χ4n) is 3.38. The fraction of sp³-hybridized carbons (Fsp3) is 0.273. The van der Waals surface area contributed by atoms with E-state index in [4.69, 9.17) is 0 Å². The lowest BCUT2D eigenvalue weighted by molar-refractivity contribution is -0.164. The molecule has 1 amide bonds. The van der Waals surface area contributed by atoms with Crippen molar-refractivity contribution in [2.45, 2.75) is 32.9 Å². The van der Waals surface area contributed by atoms with Crippen molar-refractivity contribution in [3.63, 3.8) is 0 Å². The number of alkyl halides is 3. The molecule has 0 bridgehead atoms. The normalized spacial score (nSPS) is 13.9. The zero-order valence-corrected chi connectivity index (χ0v) is 15.7. The summed E-state index contributed by atoms with van der Waals surface area (Å²) in [6, 6.07) is 16.1. The Morgan fingerprint density at radius 1 is 1.07 bits per heavy atom. The summed E-state index contributed by atoms with van der Waals surface area (Å²) < 4.78 is 39.6. The lowest BCUT2D eigenvalue weighted by Gasteiger charge is -2.29. The van der Waals surface area contributed by atoms with Crippen LogP contribution in [0.5, 0.6) is 0 Å². The molecule has 0 aliphatic carbocycles. The Labute approximate surface area is 161 Å². The summed E-state index contributed by atoms with van der Waals surface area (Å²) in [7, 11) is 0. The van der Waals surface area contributed by atoms with Crippen molar-refractivity contribution in [2.75, 3.05) is 5.32 Å². The summed E-state index contributed by atoms with van der Waals surface area (Å²) in [6.45, 7) is 3.27. The molecule has 2 aromatic carbocycles. The van der Waals surface area contributed by atoms with E-state index in [0.717, 1.165) is 16.5 Å². The van der Waals surface area contributed by atoms with Gasteiger partial charge in [0.2, 0.25) is 5.91 Å². The van der Waals surface area contributed by atoms with Crippen LogP contribution in [0.1, 0.15) is 24.5 Å². The number of rotatable bonds is 5. The highest BCUT2D eigenvalue weighted by Gasteiger charge is 2.44. The number of hydrogen-bond donors (Lipinski definition) is 1. The molecule has 1 heterocycles. The van der Waals surface area contributed by atoms with E-state index in [9.17, 15) is 18.0 Å². The molecule has 1 aromatic heterocycles. The van der Waals surface area contributed by atoms with Gasteiger partial charge < -0.3 is 5.32 Å². The number of hydrogen-bond acceptors (Lipinski definition) is 2. The zero-order chi connectivity index (χ0) is 20.4. The molecule has 1 atom stereocenters. The topological polar surface area (TPSA) is 42.0 Å². The lowest BCUT2D eigenvalue weighted by atomic mass is 9.79. The molecule has 6 heteroatoms. The van der Waals surface area contributed by atoms with Crippen LogP contribution in [0.15, 0.2) is 60.8 Å². The van der Waals surface area contributed by atoms with Crippen LogP contribution >= 0.6 is 0 Å². The van der Waals surface area contributed by atoms with Crippen molar-refractivity contribution < 1.29 is 18.0 Å². The number of anilines is 1. The first-order valence-electron chi connectivity index (χ1n) is 8.94. The number of aromatic nitrogens is 1. The van der Waals surface area contributed by atoms with Gasteiger partial charge in [0.05, 0.1) is 29.2 Å². The van der Waals surface area contributed by atoms with Crippen LogP contribution in [0.25, 0.3) is 10.9 Å². The lowest BCUT2D eigenvalue weighted by Crippen LogP contribution is -2.39. The third-order valence-electron chi connectivity index (χ3n) is 4.75. The van der Waals surface area contributed by atoms with Crippen LogP contribution in [0.3, 0.4) is 0 Å². The Morgan fingerprint density at radius 3 is 2.46 bits per heavy atom. The van der Waals surface area contributed by atoms with Crippen molar-refractivity contribution >= 4 is 22.5 Å². The minimum atomic E-state index is -4.46. The average Bonchev–Trinajstić information content (AvgIpc) is 2.61. The van der Waals surface area contributed by atoms with Gasteiger partial charge in [0.25, 0.3) is 0 Å². The van der Waals surface area contributed by atoms with Crippen LogP contribution in [-0.4, -0.2) is 17.1 Å². The van der Waals surface area contributed by atoms with Gasteiger partial charge in [-0.3, -0.25) is 9.78 Å². The molecule has 0 saturated heterocycles. The van der Waals surface area contributed by atoms with E-state index in [1.165, 1.54) is 13.1 Å². The highest BCUT2D eigenvalue weighted by molar-refractivity contribution is 5.97. The number of benzene rings is 2. The fourth-order valence-corrected chi connectivity index (χ4v) is 3.38. The largest absolute Gasteiger partial charge is 0.390 e. The van der Waals surface area contributed by atoms with E-state index >= 15 is 0 Å². The van der Waals surface area contributed by atoms with Crippen LogP contribution in [0.4, 0.5) is 18.9 Å². The molecule has 28 heavy (non-hydrogen) atoms. The highest BCUT2D eigenvalue weighted by Crippen LogP contribution is 2.37. The highest BCUT2D eigenvalue weighted by atomic mass is 19.4. The molecule has 3 aromatic rings. The van der Waals surface area contributed by atoms with Gasteiger partial charge in [0.1, 0.15) is 0 Å². The summed E-state index contributed by atoms with van der Waals surface area (Å²) in [6.07, 6.45) is -4.20. The average molecular weight is 386 g/mol. The molecule has 0 aliphatic rings. The van der Waals surface area contributed by atoms with Crippen LogP contribution in [0.2, 0.25) is 0 Å². The van der Waals surface area contributed by atoms with Crippen molar-refractivity contribution in [1.82, 2.24) is 4.98 Å². The molecule has 0 fully saturated rings. The van der Waals surface area contributed by atoms with Crippen LogP contribution < -0.4 is 5.32 Å². The smallest absolute Gasteiger partial charge is 0.324 e.